The maximum Gasteiger partial charge on any atom is 0.302 e. The summed E-state index contributed by atoms with van der Waals surface area (Å²) < 4.78 is 6.22. The summed E-state index contributed by atoms with van der Waals surface area (Å²) in [4.78, 5) is 29.0. The van der Waals surface area contributed by atoms with E-state index in [-0.39, 0.29) is 58.1 Å². The highest BCUT2D eigenvalue weighted by atomic mass is 16.5. The van der Waals surface area contributed by atoms with Gasteiger partial charge >= 0.3 is 5.97 Å². The normalized spacial score (nSPS) is 38.3. The van der Waals surface area contributed by atoms with Gasteiger partial charge in [-0.3, -0.25) is 14.5 Å². The van der Waals surface area contributed by atoms with Crippen LogP contribution in [0.2, 0.25) is 0 Å². The Bertz CT molecular complexity index is 1060. The second-order valence-electron chi connectivity index (χ2n) is 16.3. The molecule has 0 bridgehead atoms. The Kier molecular flexibility index (Phi) is 11.9. The number of aliphatic hydroxyl groups is 1. The van der Waals surface area contributed by atoms with Crippen molar-refractivity contribution in [2.45, 2.75) is 118 Å². The summed E-state index contributed by atoms with van der Waals surface area (Å²) in [6.45, 7) is 19.5. The summed E-state index contributed by atoms with van der Waals surface area (Å²) in [7, 11) is 0. The highest BCUT2D eigenvalue weighted by Gasteiger charge is 2.67. The van der Waals surface area contributed by atoms with Gasteiger partial charge in [-0.2, -0.15) is 0 Å². The molecule has 0 aromatic carbocycles. The number of hydrogen-bond acceptors (Lipinski definition) is 7. The number of fused-ring (bicyclic) bond motifs is 5. The minimum Gasteiger partial charge on any atom is -0.462 e. The first-order valence-electron chi connectivity index (χ1n) is 18.2. The maximum absolute atomic E-state index is 14.2. The largest absolute Gasteiger partial charge is 0.462 e. The molecular formula is C37H66N4O4. The summed E-state index contributed by atoms with van der Waals surface area (Å²) in [5.41, 5.74) is 13.1. The van der Waals surface area contributed by atoms with Crippen LogP contribution >= 0.6 is 0 Å². The number of carbonyl (C=O) groups is 2. The Hall–Kier alpha value is -1.48. The zero-order valence-electron chi connectivity index (χ0n) is 29.6. The van der Waals surface area contributed by atoms with Crippen molar-refractivity contribution >= 4 is 11.9 Å². The van der Waals surface area contributed by atoms with Gasteiger partial charge in [0.15, 0.2) is 0 Å². The molecule has 3 saturated carbocycles. The van der Waals surface area contributed by atoms with Crippen molar-refractivity contribution in [1.82, 2.24) is 10.2 Å². The van der Waals surface area contributed by atoms with Crippen molar-refractivity contribution in [1.29, 1.82) is 0 Å². The molecule has 0 radical (unpaired) electrons. The van der Waals surface area contributed by atoms with Gasteiger partial charge in [-0.15, -0.1) is 0 Å². The van der Waals surface area contributed by atoms with Gasteiger partial charge in [0.25, 0.3) is 0 Å². The molecule has 45 heavy (non-hydrogen) atoms. The van der Waals surface area contributed by atoms with Gasteiger partial charge in [-0.25, -0.2) is 0 Å². The number of allylic oxidation sites excluding steroid dienone is 2. The van der Waals surface area contributed by atoms with E-state index in [1.807, 2.05) is 0 Å². The number of ether oxygens (including phenoxy) is 1. The van der Waals surface area contributed by atoms with Crippen LogP contribution in [-0.2, 0) is 14.3 Å². The van der Waals surface area contributed by atoms with E-state index >= 15 is 0 Å². The second kappa shape index (κ2) is 14.7. The molecule has 4 aliphatic rings. The van der Waals surface area contributed by atoms with Crippen molar-refractivity contribution in [3.63, 3.8) is 0 Å². The first-order chi connectivity index (χ1) is 21.2. The summed E-state index contributed by atoms with van der Waals surface area (Å²) in [5, 5.41) is 14.1. The first kappa shape index (κ1) is 36.4. The average molecular weight is 631 g/mol. The van der Waals surface area contributed by atoms with Crippen LogP contribution in [0.25, 0.3) is 0 Å². The molecule has 0 aromatic rings. The zero-order chi connectivity index (χ0) is 33.2. The Morgan fingerprint density at radius 3 is 2.38 bits per heavy atom. The number of carbonyl (C=O) groups excluding carboxylic acids is 2. The fraction of sp³-hybridized carbons (Fsp3) is 0.892. The fourth-order valence-electron chi connectivity index (χ4n) is 10.9. The Morgan fingerprint density at radius 1 is 1.07 bits per heavy atom. The molecule has 8 heteroatoms. The summed E-state index contributed by atoms with van der Waals surface area (Å²) in [6.07, 6.45) is 10.7. The fourth-order valence-corrected chi connectivity index (χ4v) is 10.9. The molecule has 258 valence electrons. The molecule has 4 rings (SSSR count). The molecular weight excluding hydrogens is 564 g/mol. The van der Waals surface area contributed by atoms with E-state index in [2.05, 4.69) is 57.8 Å². The topological polar surface area (TPSA) is 131 Å². The van der Waals surface area contributed by atoms with Gasteiger partial charge in [0, 0.05) is 58.0 Å². The van der Waals surface area contributed by atoms with E-state index in [1.165, 1.54) is 6.92 Å². The SMILES string of the molecule is CC(=O)O[C@H]1C[C@@]2(C)C(CC=C3[C@]2(C)CCC2[C@H](C)[C@H](O)CC[C@]32C)[C@@H]1[C@H](CCCC(C)C)C(=O)NCCN(CCN)CCN. The number of nitrogens with one attached hydrogen (secondary N) is 1. The van der Waals surface area contributed by atoms with E-state index < -0.39 is 0 Å². The molecule has 0 heterocycles. The maximum atomic E-state index is 14.2. The van der Waals surface area contributed by atoms with Crippen molar-refractivity contribution in [3.05, 3.63) is 11.6 Å². The van der Waals surface area contributed by atoms with Crippen LogP contribution < -0.4 is 16.8 Å². The number of nitrogens with zero attached hydrogens (tertiary/aromatic N) is 1. The summed E-state index contributed by atoms with van der Waals surface area (Å²) >= 11 is 0. The van der Waals surface area contributed by atoms with E-state index in [0.29, 0.717) is 37.4 Å². The molecule has 0 aromatic heterocycles. The predicted molar refractivity (Wildman–Crippen MR) is 181 cm³/mol. The molecule has 4 aliphatic carbocycles. The van der Waals surface area contributed by atoms with Crippen LogP contribution in [0.5, 0.6) is 0 Å². The second-order valence-corrected chi connectivity index (χ2v) is 16.3. The summed E-state index contributed by atoms with van der Waals surface area (Å²) in [6, 6.07) is 0. The minimum atomic E-state index is -0.277. The third kappa shape index (κ3) is 7.05. The van der Waals surface area contributed by atoms with Gasteiger partial charge in [0.2, 0.25) is 5.91 Å². The monoisotopic (exact) mass is 631 g/mol. The third-order valence-electron chi connectivity index (χ3n) is 13.4. The van der Waals surface area contributed by atoms with Crippen LogP contribution in [0.4, 0.5) is 0 Å². The van der Waals surface area contributed by atoms with Crippen LogP contribution in [0.1, 0.15) is 106 Å². The number of esters is 1. The lowest BCUT2D eigenvalue weighted by molar-refractivity contribution is -0.151. The Morgan fingerprint density at radius 2 is 1.76 bits per heavy atom. The van der Waals surface area contributed by atoms with Crippen LogP contribution in [0, 0.1) is 51.8 Å². The van der Waals surface area contributed by atoms with Crippen LogP contribution in [0.15, 0.2) is 11.6 Å². The van der Waals surface area contributed by atoms with E-state index in [0.717, 1.165) is 77.4 Å². The molecule has 0 spiro atoms. The third-order valence-corrected chi connectivity index (χ3v) is 13.4. The first-order valence-corrected chi connectivity index (χ1v) is 18.2. The van der Waals surface area contributed by atoms with Gasteiger partial charge < -0.3 is 26.6 Å². The highest BCUT2D eigenvalue weighted by Crippen LogP contribution is 2.73. The molecule has 3 fully saturated rings. The van der Waals surface area contributed by atoms with Gasteiger partial charge in [-0.05, 0) is 84.9 Å². The number of rotatable bonds is 14. The standard InChI is InChI=1S/C37H66N4O4/c1-24(2)9-8-10-27(34(44)40-19-22-41(20-17-38)21-18-39)33-29-11-12-32-35(5)15-14-30(43)25(3)28(35)13-16-36(32,6)37(29,7)23-31(33)45-26(4)42/h12,24-25,27-31,33,43H,8-11,13-23,38-39H2,1-7H3,(H,40,44)/t25-,27-,28?,29?,30+,31-,33-,35-,36-,37-/m0/s1. The number of hydrogen-bond donors (Lipinski definition) is 4. The molecule has 0 saturated heterocycles. The van der Waals surface area contributed by atoms with E-state index in [4.69, 9.17) is 16.2 Å². The minimum absolute atomic E-state index is 0.0255. The molecule has 2 unspecified atom stereocenters. The molecule has 1 amide bonds. The van der Waals surface area contributed by atoms with Crippen LogP contribution in [-0.4, -0.2) is 73.4 Å². The smallest absolute Gasteiger partial charge is 0.302 e. The lowest BCUT2D eigenvalue weighted by atomic mass is 9.40. The van der Waals surface area contributed by atoms with E-state index in [9.17, 15) is 14.7 Å². The van der Waals surface area contributed by atoms with Gasteiger partial charge in [-0.1, -0.05) is 66.0 Å². The van der Waals surface area contributed by atoms with Crippen molar-refractivity contribution in [2.75, 3.05) is 39.3 Å². The van der Waals surface area contributed by atoms with Crippen molar-refractivity contribution in [2.24, 2.45) is 63.2 Å². The van der Waals surface area contributed by atoms with E-state index in [1.54, 1.807) is 5.57 Å². The molecule has 8 nitrogen and oxygen atoms in total. The van der Waals surface area contributed by atoms with Crippen LogP contribution in [0.3, 0.4) is 0 Å². The van der Waals surface area contributed by atoms with Crippen molar-refractivity contribution in [3.8, 4) is 0 Å². The number of nitrogens with two attached hydrogens (primary N) is 2. The highest BCUT2D eigenvalue weighted by molar-refractivity contribution is 5.79. The van der Waals surface area contributed by atoms with Gasteiger partial charge in [0.05, 0.1) is 6.10 Å². The van der Waals surface area contributed by atoms with Crippen molar-refractivity contribution < 1.29 is 19.4 Å². The zero-order valence-corrected chi connectivity index (χ0v) is 29.6. The predicted octanol–water partition coefficient (Wildman–Crippen LogP) is 4.88. The quantitative estimate of drug-likeness (QED) is 0.159. The Balaban J connectivity index is 1.66. The molecule has 6 N–H and O–H groups in total. The average Bonchev–Trinajstić information content (AvgIpc) is 3.25. The molecule has 0 aliphatic heterocycles. The lowest BCUT2D eigenvalue weighted by Gasteiger charge is -2.64. The Labute approximate surface area is 273 Å². The summed E-state index contributed by atoms with van der Waals surface area (Å²) in [5.74, 6) is 1.20. The number of aliphatic hydroxyl groups excluding tert-OH is 1. The van der Waals surface area contributed by atoms with Gasteiger partial charge in [0.1, 0.15) is 6.10 Å². The number of amides is 1. The molecule has 10 atom stereocenters. The lowest BCUT2D eigenvalue weighted by Crippen LogP contribution is -2.57.